The zero-order valence-corrected chi connectivity index (χ0v) is 16.5. The normalized spacial score (nSPS) is 11.0. The second-order valence-electron chi connectivity index (χ2n) is 6.75. The molecule has 2 heteroatoms. The molecule has 0 spiro atoms. The summed E-state index contributed by atoms with van der Waals surface area (Å²) in [4.78, 5) is 3.54. The summed E-state index contributed by atoms with van der Waals surface area (Å²) in [7, 11) is -1.88. The first-order chi connectivity index (χ1) is 13.8. The first-order valence-corrected chi connectivity index (χ1v) is 11.3. The van der Waals surface area contributed by atoms with Crippen molar-refractivity contribution in [3.05, 3.63) is 132 Å². The van der Waals surface area contributed by atoms with E-state index in [4.69, 9.17) is 6.57 Å². The van der Waals surface area contributed by atoms with Gasteiger partial charge in [-0.2, -0.15) is 0 Å². The lowest BCUT2D eigenvalue weighted by Crippen LogP contribution is -2.32. The predicted molar refractivity (Wildman–Crippen MR) is 122 cm³/mol. The van der Waals surface area contributed by atoms with Gasteiger partial charge in [-0.25, -0.2) is 4.85 Å². The lowest BCUT2D eigenvalue weighted by molar-refractivity contribution is 1.39. The number of rotatable bonds is 5. The summed E-state index contributed by atoms with van der Waals surface area (Å²) < 4.78 is 0. The minimum atomic E-state index is -1.88. The van der Waals surface area contributed by atoms with Crippen LogP contribution in [0.15, 0.2) is 115 Å². The monoisotopic (exact) mass is 378 g/mol. The van der Waals surface area contributed by atoms with Crippen LogP contribution in [0.25, 0.3) is 4.85 Å². The Balaban J connectivity index is 1.96. The van der Waals surface area contributed by atoms with Crippen molar-refractivity contribution in [3.8, 4) is 0 Å². The average molecular weight is 378 g/mol. The third kappa shape index (κ3) is 3.48. The minimum absolute atomic E-state index is 0.687. The minimum Gasteiger partial charge on any atom is -0.238 e. The molecule has 4 aromatic rings. The Morgan fingerprint density at radius 2 is 0.929 bits per heavy atom. The van der Waals surface area contributed by atoms with Gasteiger partial charge in [-0.1, -0.05) is 78.9 Å². The lowest BCUT2D eigenvalue weighted by Gasteiger charge is -2.27. The van der Waals surface area contributed by atoms with Crippen LogP contribution in [0.4, 0.5) is 5.69 Å². The summed E-state index contributed by atoms with van der Waals surface area (Å²) in [5.74, 6) is 0. The average Bonchev–Trinajstić information content (AvgIpc) is 2.80. The summed E-state index contributed by atoms with van der Waals surface area (Å²) in [5.41, 5.74) is 1.95. The molecule has 0 aliphatic heterocycles. The summed E-state index contributed by atoms with van der Waals surface area (Å²) >= 11 is 0. The standard InChI is InChI=1S/C26H21NP/c1-27-23-19-17-22(18-20-23)21-28(24-11-5-2-6-12-24,25-13-7-3-8-14-25)26-15-9-4-10-16-26/h2-20H,21H2/q+1. The van der Waals surface area contributed by atoms with Crippen molar-refractivity contribution in [2.45, 2.75) is 6.16 Å². The number of nitrogens with zero attached hydrogens (tertiary/aromatic N) is 1. The fourth-order valence-electron chi connectivity index (χ4n) is 3.72. The molecule has 0 radical (unpaired) electrons. The van der Waals surface area contributed by atoms with E-state index in [1.165, 1.54) is 21.5 Å². The van der Waals surface area contributed by atoms with E-state index < -0.39 is 7.26 Å². The van der Waals surface area contributed by atoms with E-state index in [-0.39, 0.29) is 0 Å². The van der Waals surface area contributed by atoms with Crippen LogP contribution >= 0.6 is 7.26 Å². The molecule has 4 rings (SSSR count). The van der Waals surface area contributed by atoms with Gasteiger partial charge >= 0.3 is 0 Å². The van der Waals surface area contributed by atoms with Crippen molar-refractivity contribution >= 4 is 28.9 Å². The van der Waals surface area contributed by atoms with Gasteiger partial charge in [0.1, 0.15) is 23.2 Å². The Morgan fingerprint density at radius 1 is 0.536 bits per heavy atom. The Kier molecular flexibility index (Phi) is 5.34. The molecule has 0 aliphatic rings. The lowest BCUT2D eigenvalue weighted by atomic mass is 10.2. The smallest absolute Gasteiger partial charge is 0.187 e. The zero-order valence-electron chi connectivity index (χ0n) is 15.6. The maximum atomic E-state index is 7.23. The molecule has 0 bridgehead atoms. The van der Waals surface area contributed by atoms with E-state index in [1.807, 2.05) is 12.1 Å². The van der Waals surface area contributed by atoms with Crippen molar-refractivity contribution in [1.29, 1.82) is 0 Å². The van der Waals surface area contributed by atoms with E-state index in [0.717, 1.165) is 6.16 Å². The van der Waals surface area contributed by atoms with Crippen LogP contribution in [0, 0.1) is 6.57 Å². The zero-order chi connectivity index (χ0) is 19.2. The van der Waals surface area contributed by atoms with E-state index in [2.05, 4.69) is 108 Å². The van der Waals surface area contributed by atoms with Gasteiger partial charge in [0, 0.05) is 0 Å². The molecule has 0 aromatic heterocycles. The van der Waals surface area contributed by atoms with Crippen molar-refractivity contribution in [3.63, 3.8) is 0 Å². The maximum absolute atomic E-state index is 7.23. The third-order valence-corrected chi connectivity index (χ3v) is 9.45. The second kappa shape index (κ2) is 8.22. The highest BCUT2D eigenvalue weighted by molar-refractivity contribution is 7.95. The summed E-state index contributed by atoms with van der Waals surface area (Å²) in [6.45, 7) is 7.23. The largest absolute Gasteiger partial charge is 0.238 e. The van der Waals surface area contributed by atoms with Gasteiger partial charge in [0.15, 0.2) is 5.69 Å². The van der Waals surface area contributed by atoms with Crippen LogP contribution in [0.5, 0.6) is 0 Å². The Labute approximate surface area is 167 Å². The van der Waals surface area contributed by atoms with Gasteiger partial charge in [0.2, 0.25) is 0 Å². The molecule has 0 saturated carbocycles. The van der Waals surface area contributed by atoms with Gasteiger partial charge in [-0.15, -0.1) is 0 Å². The van der Waals surface area contributed by atoms with Gasteiger partial charge in [-0.3, -0.25) is 0 Å². The predicted octanol–water partition coefficient (Wildman–Crippen LogP) is 5.73. The Bertz CT molecular complexity index is 969. The van der Waals surface area contributed by atoms with Crippen molar-refractivity contribution in [2.24, 2.45) is 0 Å². The quantitative estimate of drug-likeness (QED) is 0.308. The van der Waals surface area contributed by atoms with Crippen molar-refractivity contribution < 1.29 is 0 Å². The van der Waals surface area contributed by atoms with Crippen molar-refractivity contribution in [1.82, 2.24) is 0 Å². The Hall–Kier alpha value is -3.20. The first-order valence-electron chi connectivity index (χ1n) is 9.34. The van der Waals surface area contributed by atoms with Crippen LogP contribution in [-0.4, -0.2) is 0 Å². The summed E-state index contributed by atoms with van der Waals surface area (Å²) in [5, 5.41) is 4.13. The molecule has 4 aromatic carbocycles. The SMILES string of the molecule is [C-]#[N+]c1ccc(C[P+](c2ccccc2)(c2ccccc2)c2ccccc2)cc1. The van der Waals surface area contributed by atoms with Crippen LogP contribution in [0.2, 0.25) is 0 Å². The van der Waals surface area contributed by atoms with E-state index in [9.17, 15) is 0 Å². The highest BCUT2D eigenvalue weighted by atomic mass is 31.2. The molecule has 134 valence electrons. The Morgan fingerprint density at radius 3 is 1.29 bits per heavy atom. The van der Waals surface area contributed by atoms with E-state index in [0.29, 0.717) is 5.69 Å². The van der Waals surface area contributed by atoms with Crippen LogP contribution in [0.3, 0.4) is 0 Å². The molecule has 0 fully saturated rings. The fourth-order valence-corrected chi connectivity index (χ4v) is 7.96. The van der Waals surface area contributed by atoms with Gasteiger partial charge in [0.25, 0.3) is 0 Å². The van der Waals surface area contributed by atoms with Gasteiger partial charge < -0.3 is 0 Å². The molecule has 0 aliphatic carbocycles. The third-order valence-electron chi connectivity index (χ3n) is 5.08. The first kappa shape index (κ1) is 18.2. The molecule has 0 N–H and O–H groups in total. The number of hydrogen-bond acceptors (Lipinski definition) is 0. The number of hydrogen-bond donors (Lipinski definition) is 0. The van der Waals surface area contributed by atoms with Crippen molar-refractivity contribution in [2.75, 3.05) is 0 Å². The molecule has 1 nitrogen and oxygen atoms in total. The van der Waals surface area contributed by atoms with Crippen LogP contribution in [-0.2, 0) is 6.16 Å². The van der Waals surface area contributed by atoms with Gasteiger partial charge in [-0.05, 0) is 42.0 Å². The summed E-state index contributed by atoms with van der Waals surface area (Å²) in [6, 6.07) is 40.7. The molecular formula is C26H21NP+. The van der Waals surface area contributed by atoms with E-state index >= 15 is 0 Å². The second-order valence-corrected chi connectivity index (χ2v) is 10.2. The maximum Gasteiger partial charge on any atom is 0.187 e. The van der Waals surface area contributed by atoms with Gasteiger partial charge in [0.05, 0.1) is 12.7 Å². The molecule has 0 atom stereocenters. The number of benzene rings is 4. The molecule has 28 heavy (non-hydrogen) atoms. The topological polar surface area (TPSA) is 4.36 Å². The molecule has 0 heterocycles. The van der Waals surface area contributed by atoms with Crippen LogP contribution in [0.1, 0.15) is 5.56 Å². The molecule has 0 unspecified atom stereocenters. The van der Waals surface area contributed by atoms with Crippen LogP contribution < -0.4 is 15.9 Å². The highest BCUT2D eigenvalue weighted by Gasteiger charge is 2.45. The molecular weight excluding hydrogens is 357 g/mol. The fraction of sp³-hybridized carbons (Fsp3) is 0.0385. The molecule has 0 amide bonds. The summed E-state index contributed by atoms with van der Waals surface area (Å²) in [6.07, 6.45) is 0.934. The van der Waals surface area contributed by atoms with E-state index in [1.54, 1.807) is 0 Å². The highest BCUT2D eigenvalue weighted by Crippen LogP contribution is 2.58. The molecule has 0 saturated heterocycles.